The highest BCUT2D eigenvalue weighted by Gasteiger charge is 2.25. The minimum absolute atomic E-state index is 0.0157. The van der Waals surface area contributed by atoms with Crippen LogP contribution in [-0.4, -0.2) is 60.2 Å². The van der Waals surface area contributed by atoms with E-state index >= 15 is 0 Å². The van der Waals surface area contributed by atoms with E-state index in [1.165, 1.54) is 17.7 Å². The van der Waals surface area contributed by atoms with Gasteiger partial charge < -0.3 is 15.5 Å². The van der Waals surface area contributed by atoms with Crippen LogP contribution in [0.5, 0.6) is 0 Å². The second-order valence-electron chi connectivity index (χ2n) is 10.8. The summed E-state index contributed by atoms with van der Waals surface area (Å²) in [4.78, 5) is 43.8. The van der Waals surface area contributed by atoms with Crippen molar-refractivity contribution in [2.75, 3.05) is 38.0 Å². The number of nitrogens with one attached hydrogen (secondary N) is 2. The molecule has 1 aromatic carbocycles. The third-order valence-electron chi connectivity index (χ3n) is 7.21. The SMILES string of the molecule is CCC(C)(C)CC(=O)c1ccc(CN2CCN(C(=O)c3ccc(NC(=O)NCC4CC4)cc3)CC2)s1. The number of carbonyl (C=O) groups excluding carboxylic acids is 3. The van der Waals surface area contributed by atoms with E-state index in [0.717, 1.165) is 37.5 Å². The first-order chi connectivity index (χ1) is 17.2. The Morgan fingerprint density at radius 3 is 2.33 bits per heavy atom. The zero-order valence-electron chi connectivity index (χ0n) is 21.6. The molecule has 1 saturated heterocycles. The standard InChI is InChI=1S/C28H38N4O3S/c1-4-28(2,3)17-24(33)25-12-11-23(36-25)19-31-13-15-32(16-14-31)26(34)21-7-9-22(10-8-21)30-27(35)29-18-20-5-6-20/h7-12,20H,4-6,13-19H2,1-3H3,(H2,29,30,35). The van der Waals surface area contributed by atoms with Gasteiger partial charge >= 0.3 is 6.03 Å². The Balaban J connectivity index is 1.22. The topological polar surface area (TPSA) is 81.8 Å². The number of carbonyl (C=O) groups is 3. The number of amides is 3. The molecule has 1 aliphatic heterocycles. The number of piperazine rings is 1. The van der Waals surface area contributed by atoms with Crippen LogP contribution in [-0.2, 0) is 6.54 Å². The highest BCUT2D eigenvalue weighted by molar-refractivity contribution is 7.14. The summed E-state index contributed by atoms with van der Waals surface area (Å²) >= 11 is 1.60. The van der Waals surface area contributed by atoms with Crippen LogP contribution in [0.25, 0.3) is 0 Å². The lowest BCUT2D eigenvalue weighted by molar-refractivity contribution is 0.0629. The minimum atomic E-state index is -0.205. The maximum absolute atomic E-state index is 13.0. The molecule has 2 fully saturated rings. The Labute approximate surface area is 218 Å². The van der Waals surface area contributed by atoms with Crippen molar-refractivity contribution in [2.45, 2.75) is 53.0 Å². The van der Waals surface area contributed by atoms with Gasteiger partial charge in [-0.15, -0.1) is 11.3 Å². The molecule has 1 aliphatic carbocycles. The number of thiophene rings is 1. The molecule has 194 valence electrons. The molecular weight excluding hydrogens is 472 g/mol. The molecule has 2 N–H and O–H groups in total. The Hall–Kier alpha value is -2.71. The summed E-state index contributed by atoms with van der Waals surface area (Å²) in [5, 5.41) is 5.70. The quantitative estimate of drug-likeness (QED) is 0.428. The van der Waals surface area contributed by atoms with E-state index in [0.29, 0.717) is 36.7 Å². The molecule has 0 atom stereocenters. The lowest BCUT2D eigenvalue weighted by Gasteiger charge is -2.34. The summed E-state index contributed by atoms with van der Waals surface area (Å²) in [5.74, 6) is 0.877. The molecule has 36 heavy (non-hydrogen) atoms. The van der Waals surface area contributed by atoms with Gasteiger partial charge in [-0.1, -0.05) is 27.2 Å². The number of Topliss-reactive ketones (excluding diaryl/α,β-unsaturated/α-hetero) is 1. The summed E-state index contributed by atoms with van der Waals surface area (Å²) < 4.78 is 0. The zero-order valence-corrected chi connectivity index (χ0v) is 22.5. The third-order valence-corrected chi connectivity index (χ3v) is 8.32. The molecule has 2 heterocycles. The van der Waals surface area contributed by atoms with Gasteiger partial charge in [0.2, 0.25) is 0 Å². The molecule has 1 saturated carbocycles. The van der Waals surface area contributed by atoms with Crippen LogP contribution >= 0.6 is 11.3 Å². The van der Waals surface area contributed by atoms with E-state index in [1.54, 1.807) is 35.6 Å². The average molecular weight is 511 g/mol. The molecule has 2 aromatic rings. The molecule has 7 nitrogen and oxygen atoms in total. The maximum atomic E-state index is 13.0. The van der Waals surface area contributed by atoms with Gasteiger partial charge in [-0.05, 0) is 60.6 Å². The Bertz CT molecular complexity index is 1070. The molecule has 0 radical (unpaired) electrons. The highest BCUT2D eigenvalue weighted by Crippen LogP contribution is 2.29. The van der Waals surface area contributed by atoms with Gasteiger partial charge in [0.15, 0.2) is 5.78 Å². The van der Waals surface area contributed by atoms with Gasteiger partial charge in [-0.2, -0.15) is 0 Å². The number of nitrogens with zero attached hydrogens (tertiary/aromatic N) is 2. The number of benzene rings is 1. The Morgan fingerprint density at radius 2 is 1.69 bits per heavy atom. The van der Waals surface area contributed by atoms with Gasteiger partial charge in [0, 0.05) is 61.8 Å². The zero-order chi connectivity index (χ0) is 25.7. The summed E-state index contributed by atoms with van der Waals surface area (Å²) in [6.07, 6.45) is 3.95. The van der Waals surface area contributed by atoms with Crippen LogP contribution in [0, 0.1) is 11.3 Å². The van der Waals surface area contributed by atoms with Crippen LogP contribution in [0.4, 0.5) is 10.5 Å². The number of anilines is 1. The average Bonchev–Trinajstić information content (AvgIpc) is 3.59. The monoisotopic (exact) mass is 510 g/mol. The number of rotatable bonds is 10. The Kier molecular flexibility index (Phi) is 8.46. The number of hydrogen-bond acceptors (Lipinski definition) is 5. The van der Waals surface area contributed by atoms with Crippen molar-refractivity contribution in [1.82, 2.24) is 15.1 Å². The normalized spacial score (nSPS) is 16.6. The van der Waals surface area contributed by atoms with Crippen molar-refractivity contribution in [3.8, 4) is 0 Å². The molecule has 4 rings (SSSR count). The number of hydrogen-bond donors (Lipinski definition) is 2. The fraction of sp³-hybridized carbons (Fsp3) is 0.536. The van der Waals surface area contributed by atoms with E-state index in [2.05, 4.69) is 42.4 Å². The predicted molar refractivity (Wildman–Crippen MR) is 145 cm³/mol. The van der Waals surface area contributed by atoms with E-state index < -0.39 is 0 Å². The van der Waals surface area contributed by atoms with E-state index in [-0.39, 0.29) is 23.1 Å². The van der Waals surface area contributed by atoms with Crippen LogP contribution < -0.4 is 10.6 Å². The van der Waals surface area contributed by atoms with Crippen LogP contribution in [0.15, 0.2) is 36.4 Å². The van der Waals surface area contributed by atoms with Gasteiger partial charge in [0.1, 0.15) is 0 Å². The lowest BCUT2D eigenvalue weighted by Crippen LogP contribution is -2.48. The minimum Gasteiger partial charge on any atom is -0.338 e. The molecule has 0 spiro atoms. The van der Waals surface area contributed by atoms with Crippen LogP contribution in [0.2, 0.25) is 0 Å². The third kappa shape index (κ3) is 7.40. The molecule has 3 amide bonds. The molecule has 8 heteroatoms. The van der Waals surface area contributed by atoms with Crippen molar-refractivity contribution >= 4 is 34.7 Å². The first kappa shape index (κ1) is 26.4. The smallest absolute Gasteiger partial charge is 0.319 e. The first-order valence-corrected chi connectivity index (χ1v) is 13.8. The molecular formula is C28H38N4O3S. The van der Waals surface area contributed by atoms with Gasteiger partial charge in [-0.25, -0.2) is 4.79 Å². The molecule has 0 bridgehead atoms. The summed E-state index contributed by atoms with van der Waals surface area (Å²) in [5.41, 5.74) is 1.34. The van der Waals surface area contributed by atoms with Gasteiger partial charge in [-0.3, -0.25) is 14.5 Å². The first-order valence-electron chi connectivity index (χ1n) is 13.0. The van der Waals surface area contributed by atoms with Crippen molar-refractivity contribution in [1.29, 1.82) is 0 Å². The van der Waals surface area contributed by atoms with Crippen molar-refractivity contribution < 1.29 is 14.4 Å². The van der Waals surface area contributed by atoms with E-state index in [1.807, 2.05) is 11.0 Å². The predicted octanol–water partition coefficient (Wildman–Crippen LogP) is 5.25. The fourth-order valence-electron chi connectivity index (χ4n) is 4.20. The summed E-state index contributed by atoms with van der Waals surface area (Å²) in [7, 11) is 0. The number of ketones is 1. The Morgan fingerprint density at radius 1 is 1.00 bits per heavy atom. The fourth-order valence-corrected chi connectivity index (χ4v) is 5.19. The molecule has 1 aromatic heterocycles. The van der Waals surface area contributed by atoms with E-state index in [4.69, 9.17) is 0 Å². The number of urea groups is 1. The van der Waals surface area contributed by atoms with Crippen molar-refractivity contribution in [2.24, 2.45) is 11.3 Å². The summed E-state index contributed by atoms with van der Waals surface area (Å²) in [6.45, 7) is 10.9. The van der Waals surface area contributed by atoms with Gasteiger partial charge in [0.05, 0.1) is 4.88 Å². The molecule has 2 aliphatic rings. The second kappa shape index (κ2) is 11.6. The lowest BCUT2D eigenvalue weighted by atomic mass is 9.84. The van der Waals surface area contributed by atoms with Crippen LogP contribution in [0.3, 0.4) is 0 Å². The van der Waals surface area contributed by atoms with Crippen molar-refractivity contribution in [3.05, 3.63) is 51.7 Å². The van der Waals surface area contributed by atoms with E-state index in [9.17, 15) is 14.4 Å². The largest absolute Gasteiger partial charge is 0.338 e. The van der Waals surface area contributed by atoms with Gasteiger partial charge in [0.25, 0.3) is 5.91 Å². The molecule has 0 unspecified atom stereocenters. The highest BCUT2D eigenvalue weighted by atomic mass is 32.1. The maximum Gasteiger partial charge on any atom is 0.319 e. The van der Waals surface area contributed by atoms with Crippen LogP contribution in [0.1, 0.15) is 71.4 Å². The van der Waals surface area contributed by atoms with Crippen molar-refractivity contribution in [3.63, 3.8) is 0 Å². The second-order valence-corrected chi connectivity index (χ2v) is 12.0. The summed E-state index contributed by atoms with van der Waals surface area (Å²) in [6, 6.07) is 10.9.